The van der Waals surface area contributed by atoms with Crippen LogP contribution < -0.4 is 16.6 Å². The molecule has 0 bridgehead atoms. The van der Waals surface area contributed by atoms with Crippen LogP contribution in [0.25, 0.3) is 0 Å². The van der Waals surface area contributed by atoms with Crippen molar-refractivity contribution in [1.82, 2.24) is 10.3 Å². The molecule has 0 saturated heterocycles. The van der Waals surface area contributed by atoms with E-state index in [1.165, 1.54) is 0 Å². The normalized spacial score (nSPS) is 10.2. The molecular formula is C14H14F2N4O. The van der Waals surface area contributed by atoms with Crippen LogP contribution in [0.2, 0.25) is 0 Å². The summed E-state index contributed by atoms with van der Waals surface area (Å²) in [7, 11) is 0. The van der Waals surface area contributed by atoms with Gasteiger partial charge >= 0.3 is 0 Å². The molecule has 1 amide bonds. The average Bonchev–Trinajstić information content (AvgIpc) is 2.48. The lowest BCUT2D eigenvalue weighted by atomic mass is 10.1. The Bertz CT molecular complexity index is 611. The first-order valence-electron chi connectivity index (χ1n) is 6.24. The first kappa shape index (κ1) is 14.9. The second-order valence-corrected chi connectivity index (χ2v) is 4.33. The lowest BCUT2D eigenvalue weighted by Gasteiger charge is -2.08. The molecule has 0 saturated carbocycles. The summed E-state index contributed by atoms with van der Waals surface area (Å²) in [5, 5.41) is 2.59. The van der Waals surface area contributed by atoms with Crippen molar-refractivity contribution < 1.29 is 13.6 Å². The van der Waals surface area contributed by atoms with Crippen molar-refractivity contribution in [2.75, 3.05) is 12.0 Å². The van der Waals surface area contributed by atoms with E-state index < -0.39 is 23.2 Å². The van der Waals surface area contributed by atoms with Gasteiger partial charge in [0.2, 0.25) is 0 Å². The van der Waals surface area contributed by atoms with Crippen molar-refractivity contribution in [2.45, 2.75) is 6.42 Å². The molecule has 2 rings (SSSR count). The molecule has 2 aromatic rings. The SMILES string of the molecule is NNc1c(F)cc(C(=O)NCCc2cccnc2)cc1F. The summed E-state index contributed by atoms with van der Waals surface area (Å²) in [4.78, 5) is 15.8. The molecule has 1 aromatic carbocycles. The number of amides is 1. The number of hydrogen-bond acceptors (Lipinski definition) is 4. The van der Waals surface area contributed by atoms with Crippen LogP contribution in [0.1, 0.15) is 15.9 Å². The van der Waals surface area contributed by atoms with Gasteiger partial charge in [-0.15, -0.1) is 0 Å². The summed E-state index contributed by atoms with van der Waals surface area (Å²) < 4.78 is 27.0. The number of carbonyl (C=O) groups is 1. The van der Waals surface area contributed by atoms with Crippen LogP contribution in [-0.2, 0) is 6.42 Å². The van der Waals surface area contributed by atoms with Crippen molar-refractivity contribution in [3.05, 3.63) is 59.4 Å². The van der Waals surface area contributed by atoms with E-state index in [0.29, 0.717) is 13.0 Å². The molecule has 4 N–H and O–H groups in total. The molecule has 0 fully saturated rings. The number of nitrogen functional groups attached to an aromatic ring is 1. The van der Waals surface area contributed by atoms with Crippen LogP contribution in [0.3, 0.4) is 0 Å². The summed E-state index contributed by atoms with van der Waals surface area (Å²) in [6.07, 6.45) is 3.92. The Labute approximate surface area is 120 Å². The zero-order valence-electron chi connectivity index (χ0n) is 11.1. The fraction of sp³-hybridized carbons (Fsp3) is 0.143. The molecule has 0 aliphatic heterocycles. The van der Waals surface area contributed by atoms with Crippen molar-refractivity contribution in [1.29, 1.82) is 0 Å². The Morgan fingerprint density at radius 1 is 1.29 bits per heavy atom. The fourth-order valence-electron chi connectivity index (χ4n) is 1.81. The van der Waals surface area contributed by atoms with Crippen LogP contribution >= 0.6 is 0 Å². The van der Waals surface area contributed by atoms with E-state index in [4.69, 9.17) is 5.84 Å². The summed E-state index contributed by atoms with van der Waals surface area (Å²) in [6.45, 7) is 0.338. The Morgan fingerprint density at radius 3 is 2.57 bits per heavy atom. The molecule has 0 unspecified atom stereocenters. The third kappa shape index (κ3) is 3.73. The lowest BCUT2D eigenvalue weighted by Crippen LogP contribution is -2.26. The molecule has 0 radical (unpaired) electrons. The van der Waals surface area contributed by atoms with Gasteiger partial charge < -0.3 is 10.7 Å². The highest BCUT2D eigenvalue weighted by Gasteiger charge is 2.14. The van der Waals surface area contributed by atoms with E-state index in [9.17, 15) is 13.6 Å². The van der Waals surface area contributed by atoms with E-state index in [1.807, 2.05) is 11.5 Å². The minimum atomic E-state index is -0.921. The molecule has 0 spiro atoms. The molecule has 110 valence electrons. The fourth-order valence-corrected chi connectivity index (χ4v) is 1.81. The van der Waals surface area contributed by atoms with Crippen molar-refractivity contribution in [3.63, 3.8) is 0 Å². The van der Waals surface area contributed by atoms with E-state index in [1.54, 1.807) is 18.5 Å². The number of hydrazine groups is 1. The number of halogens is 2. The number of carbonyl (C=O) groups excluding carboxylic acids is 1. The second kappa shape index (κ2) is 6.76. The molecule has 1 aromatic heterocycles. The maximum absolute atomic E-state index is 13.5. The Hall–Kier alpha value is -2.54. The van der Waals surface area contributed by atoms with Crippen molar-refractivity contribution >= 4 is 11.6 Å². The Kier molecular flexibility index (Phi) is 4.78. The van der Waals surface area contributed by atoms with Crippen LogP contribution in [0, 0.1) is 11.6 Å². The maximum Gasteiger partial charge on any atom is 0.251 e. The lowest BCUT2D eigenvalue weighted by molar-refractivity contribution is 0.0953. The van der Waals surface area contributed by atoms with Crippen LogP contribution in [0.4, 0.5) is 14.5 Å². The van der Waals surface area contributed by atoms with Gasteiger partial charge in [-0.2, -0.15) is 0 Å². The number of aromatic nitrogens is 1. The number of nitrogens with two attached hydrogens (primary N) is 1. The van der Waals surface area contributed by atoms with E-state index >= 15 is 0 Å². The molecule has 0 atom stereocenters. The topological polar surface area (TPSA) is 80.0 Å². The van der Waals surface area contributed by atoms with Crippen LogP contribution in [0.15, 0.2) is 36.7 Å². The van der Waals surface area contributed by atoms with Crippen LogP contribution in [-0.4, -0.2) is 17.4 Å². The largest absolute Gasteiger partial charge is 0.352 e. The van der Waals surface area contributed by atoms with Gasteiger partial charge in [0, 0.05) is 24.5 Å². The second-order valence-electron chi connectivity index (χ2n) is 4.33. The van der Waals surface area contributed by atoms with Gasteiger partial charge in [0.05, 0.1) is 0 Å². The molecule has 5 nitrogen and oxygen atoms in total. The van der Waals surface area contributed by atoms with Gasteiger partial charge in [-0.25, -0.2) is 8.78 Å². The predicted octanol–water partition coefficient (Wildman–Crippen LogP) is 1.62. The number of anilines is 1. The minimum Gasteiger partial charge on any atom is -0.352 e. The van der Waals surface area contributed by atoms with Crippen LogP contribution in [0.5, 0.6) is 0 Å². The van der Waals surface area contributed by atoms with Crippen molar-refractivity contribution in [2.24, 2.45) is 5.84 Å². The molecule has 0 aliphatic rings. The molecular weight excluding hydrogens is 278 g/mol. The van der Waals surface area contributed by atoms with Gasteiger partial charge in [0.25, 0.3) is 5.91 Å². The molecule has 1 heterocycles. The monoisotopic (exact) mass is 292 g/mol. The summed E-state index contributed by atoms with van der Waals surface area (Å²) in [5.74, 6) is 2.59. The van der Waals surface area contributed by atoms with Gasteiger partial charge in [-0.05, 0) is 30.2 Å². The number of nitrogens with one attached hydrogen (secondary N) is 2. The first-order chi connectivity index (χ1) is 10.1. The average molecular weight is 292 g/mol. The third-order valence-electron chi connectivity index (χ3n) is 2.87. The zero-order valence-corrected chi connectivity index (χ0v) is 11.1. The van der Waals surface area contributed by atoms with E-state index in [2.05, 4.69) is 10.3 Å². The summed E-state index contributed by atoms with van der Waals surface area (Å²) in [6, 6.07) is 5.52. The number of benzene rings is 1. The van der Waals surface area contributed by atoms with E-state index in [-0.39, 0.29) is 5.56 Å². The Morgan fingerprint density at radius 2 is 2.00 bits per heavy atom. The highest BCUT2D eigenvalue weighted by Crippen LogP contribution is 2.19. The highest BCUT2D eigenvalue weighted by atomic mass is 19.1. The molecule has 7 heteroatoms. The number of hydrogen-bond donors (Lipinski definition) is 3. The standard InChI is InChI=1S/C14H14F2N4O/c15-11-6-10(7-12(16)13(11)20-17)14(21)19-5-3-9-2-1-4-18-8-9/h1-2,4,6-8,20H,3,5,17H2,(H,19,21). The number of pyridine rings is 1. The minimum absolute atomic E-state index is 0.102. The third-order valence-corrected chi connectivity index (χ3v) is 2.87. The molecule has 0 aliphatic carbocycles. The molecule has 21 heavy (non-hydrogen) atoms. The number of nitrogens with zero attached hydrogens (tertiary/aromatic N) is 1. The maximum atomic E-state index is 13.5. The zero-order chi connectivity index (χ0) is 15.2. The van der Waals surface area contributed by atoms with E-state index in [0.717, 1.165) is 17.7 Å². The quantitative estimate of drug-likeness (QED) is 0.578. The van der Waals surface area contributed by atoms with Gasteiger partial charge in [0.15, 0.2) is 11.6 Å². The van der Waals surface area contributed by atoms with Gasteiger partial charge in [0.1, 0.15) is 5.69 Å². The first-order valence-corrected chi connectivity index (χ1v) is 6.24. The predicted molar refractivity (Wildman–Crippen MR) is 74.4 cm³/mol. The van der Waals surface area contributed by atoms with Gasteiger partial charge in [-0.1, -0.05) is 6.07 Å². The number of rotatable bonds is 5. The Balaban J connectivity index is 1.98. The summed E-state index contributed by atoms with van der Waals surface area (Å²) >= 11 is 0. The highest BCUT2D eigenvalue weighted by molar-refractivity contribution is 5.94. The summed E-state index contributed by atoms with van der Waals surface area (Å²) in [5.41, 5.74) is 2.29. The smallest absolute Gasteiger partial charge is 0.251 e. The van der Waals surface area contributed by atoms with Gasteiger partial charge in [-0.3, -0.25) is 15.6 Å². The van der Waals surface area contributed by atoms with Crippen molar-refractivity contribution in [3.8, 4) is 0 Å².